The Bertz CT molecular complexity index is 1120. The average Bonchev–Trinajstić information content (AvgIpc) is 3.30. The Kier molecular flexibility index (Phi) is 8.05. The number of para-hydroxylation sites is 1. The SMILES string of the molecule is CCOc1cc(C(=O)N2CCN(c3nc4c(SC)cccc4s3)CC2)cc(OCC)c1OCC. The van der Waals surface area contributed by atoms with Crippen LogP contribution in [-0.2, 0) is 0 Å². The molecule has 0 atom stereocenters. The zero-order valence-corrected chi connectivity index (χ0v) is 21.8. The molecule has 9 heteroatoms. The van der Waals surface area contributed by atoms with Gasteiger partial charge >= 0.3 is 0 Å². The lowest BCUT2D eigenvalue weighted by Crippen LogP contribution is -2.48. The van der Waals surface area contributed by atoms with Crippen molar-refractivity contribution in [3.63, 3.8) is 0 Å². The highest BCUT2D eigenvalue weighted by Crippen LogP contribution is 2.40. The van der Waals surface area contributed by atoms with Crippen molar-refractivity contribution in [1.82, 2.24) is 9.88 Å². The van der Waals surface area contributed by atoms with Gasteiger partial charge in [-0.25, -0.2) is 4.98 Å². The molecule has 1 saturated heterocycles. The molecule has 0 spiro atoms. The van der Waals surface area contributed by atoms with E-state index in [1.54, 1.807) is 35.2 Å². The van der Waals surface area contributed by atoms with E-state index in [0.717, 1.165) is 23.7 Å². The summed E-state index contributed by atoms with van der Waals surface area (Å²) in [7, 11) is 0. The maximum atomic E-state index is 13.4. The second kappa shape index (κ2) is 11.2. The first-order chi connectivity index (χ1) is 16.6. The third-order valence-electron chi connectivity index (χ3n) is 5.58. The van der Waals surface area contributed by atoms with Crippen LogP contribution in [0.3, 0.4) is 0 Å². The third-order valence-corrected chi connectivity index (χ3v) is 7.43. The molecule has 0 unspecified atom stereocenters. The van der Waals surface area contributed by atoms with Crippen LogP contribution in [0.5, 0.6) is 17.2 Å². The van der Waals surface area contributed by atoms with Gasteiger partial charge in [-0.15, -0.1) is 11.8 Å². The molecule has 7 nitrogen and oxygen atoms in total. The Balaban J connectivity index is 1.51. The van der Waals surface area contributed by atoms with E-state index in [0.29, 0.717) is 55.7 Å². The van der Waals surface area contributed by atoms with Gasteiger partial charge in [0, 0.05) is 36.6 Å². The Morgan fingerprint density at radius 2 is 1.65 bits per heavy atom. The van der Waals surface area contributed by atoms with E-state index in [1.165, 1.54) is 9.60 Å². The van der Waals surface area contributed by atoms with Crippen LogP contribution in [0.2, 0.25) is 0 Å². The smallest absolute Gasteiger partial charge is 0.254 e. The molecule has 0 N–H and O–H groups in total. The predicted molar refractivity (Wildman–Crippen MR) is 139 cm³/mol. The van der Waals surface area contributed by atoms with Crippen LogP contribution >= 0.6 is 23.1 Å². The minimum absolute atomic E-state index is 0.0291. The van der Waals surface area contributed by atoms with Crippen LogP contribution in [0.1, 0.15) is 31.1 Å². The van der Waals surface area contributed by atoms with Crippen molar-refractivity contribution < 1.29 is 19.0 Å². The normalized spacial score (nSPS) is 13.9. The fourth-order valence-corrected chi connectivity index (χ4v) is 5.68. The number of fused-ring (bicyclic) bond motifs is 1. The number of thioether (sulfide) groups is 1. The first-order valence-electron chi connectivity index (χ1n) is 11.6. The van der Waals surface area contributed by atoms with E-state index >= 15 is 0 Å². The molecule has 1 amide bonds. The van der Waals surface area contributed by atoms with Crippen molar-refractivity contribution in [3.05, 3.63) is 35.9 Å². The lowest BCUT2D eigenvalue weighted by atomic mass is 10.1. The zero-order valence-electron chi connectivity index (χ0n) is 20.1. The van der Waals surface area contributed by atoms with Crippen molar-refractivity contribution in [2.24, 2.45) is 0 Å². The van der Waals surface area contributed by atoms with Crippen LogP contribution < -0.4 is 19.1 Å². The lowest BCUT2D eigenvalue weighted by Gasteiger charge is -2.34. The summed E-state index contributed by atoms with van der Waals surface area (Å²) in [5.74, 6) is 1.60. The van der Waals surface area contributed by atoms with Crippen LogP contribution in [0, 0.1) is 0 Å². The van der Waals surface area contributed by atoms with Crippen LogP contribution in [0.15, 0.2) is 35.2 Å². The van der Waals surface area contributed by atoms with Crippen molar-refractivity contribution in [2.75, 3.05) is 57.2 Å². The van der Waals surface area contributed by atoms with Crippen molar-refractivity contribution in [1.29, 1.82) is 0 Å². The summed E-state index contributed by atoms with van der Waals surface area (Å²) in [6, 6.07) is 9.84. The number of thiazole rings is 1. The molecular formula is C25H31N3O4S2. The zero-order chi connectivity index (χ0) is 24.1. The molecule has 2 heterocycles. The fraction of sp³-hybridized carbons (Fsp3) is 0.440. The highest BCUT2D eigenvalue weighted by atomic mass is 32.2. The molecule has 0 aliphatic carbocycles. The quantitative estimate of drug-likeness (QED) is 0.375. The molecule has 0 saturated carbocycles. The monoisotopic (exact) mass is 501 g/mol. The number of hydrogen-bond acceptors (Lipinski definition) is 8. The molecule has 1 aromatic heterocycles. The third kappa shape index (κ3) is 5.05. The maximum Gasteiger partial charge on any atom is 0.254 e. The Morgan fingerprint density at radius 3 is 2.24 bits per heavy atom. The molecule has 4 rings (SSSR count). The number of anilines is 1. The topological polar surface area (TPSA) is 64.1 Å². The van der Waals surface area contributed by atoms with Crippen molar-refractivity contribution in [3.8, 4) is 17.2 Å². The minimum Gasteiger partial charge on any atom is -0.490 e. The standard InChI is InChI=1S/C25H31N3O4S2/c1-5-30-18-15-17(16-19(31-6-2)23(18)32-7-3)24(29)27-11-13-28(14-12-27)25-26-22-20(33-4)9-8-10-21(22)34-25/h8-10,15-16H,5-7,11-14H2,1-4H3. The van der Waals surface area contributed by atoms with Gasteiger partial charge < -0.3 is 24.0 Å². The molecular weight excluding hydrogens is 470 g/mol. The Labute approximate surface area is 209 Å². The maximum absolute atomic E-state index is 13.4. The predicted octanol–water partition coefficient (Wildman–Crippen LogP) is 5.18. The van der Waals surface area contributed by atoms with Crippen LogP contribution in [0.4, 0.5) is 5.13 Å². The highest BCUT2D eigenvalue weighted by Gasteiger charge is 2.26. The molecule has 0 radical (unpaired) electrons. The lowest BCUT2D eigenvalue weighted by molar-refractivity contribution is 0.0745. The molecule has 1 aliphatic rings. The molecule has 182 valence electrons. The van der Waals surface area contributed by atoms with Gasteiger partial charge in [-0.05, 0) is 51.3 Å². The number of rotatable bonds is 9. The van der Waals surface area contributed by atoms with E-state index < -0.39 is 0 Å². The van der Waals surface area contributed by atoms with Gasteiger partial charge in [0.2, 0.25) is 5.75 Å². The van der Waals surface area contributed by atoms with Gasteiger partial charge in [0.25, 0.3) is 5.91 Å². The second-order valence-corrected chi connectivity index (χ2v) is 9.54. The number of hydrogen-bond donors (Lipinski definition) is 0. The first-order valence-corrected chi connectivity index (χ1v) is 13.7. The fourth-order valence-electron chi connectivity index (χ4n) is 4.01. The van der Waals surface area contributed by atoms with Gasteiger partial charge in [0.15, 0.2) is 16.6 Å². The number of piperazine rings is 1. The van der Waals surface area contributed by atoms with Gasteiger partial charge in [0.1, 0.15) is 0 Å². The molecule has 2 aromatic carbocycles. The highest BCUT2D eigenvalue weighted by molar-refractivity contribution is 7.98. The molecule has 34 heavy (non-hydrogen) atoms. The van der Waals surface area contributed by atoms with E-state index in [-0.39, 0.29) is 5.91 Å². The van der Waals surface area contributed by atoms with E-state index in [9.17, 15) is 4.79 Å². The van der Waals surface area contributed by atoms with E-state index in [2.05, 4.69) is 29.4 Å². The molecule has 1 fully saturated rings. The van der Waals surface area contributed by atoms with E-state index in [1.807, 2.05) is 25.7 Å². The van der Waals surface area contributed by atoms with E-state index in [4.69, 9.17) is 19.2 Å². The molecule has 0 bridgehead atoms. The average molecular weight is 502 g/mol. The van der Waals surface area contributed by atoms with Crippen molar-refractivity contribution in [2.45, 2.75) is 25.7 Å². The number of ether oxygens (including phenoxy) is 3. The van der Waals surface area contributed by atoms with Gasteiger partial charge in [0.05, 0.1) is 30.0 Å². The summed E-state index contributed by atoms with van der Waals surface area (Å²) in [6.45, 7) is 9.92. The number of aromatic nitrogens is 1. The number of benzene rings is 2. The largest absolute Gasteiger partial charge is 0.490 e. The van der Waals surface area contributed by atoms with Crippen LogP contribution in [-0.4, -0.2) is 68.0 Å². The van der Waals surface area contributed by atoms with Crippen molar-refractivity contribution >= 4 is 44.4 Å². The number of carbonyl (C=O) groups excluding carboxylic acids is 1. The number of amides is 1. The summed E-state index contributed by atoms with van der Waals surface area (Å²) >= 11 is 3.43. The summed E-state index contributed by atoms with van der Waals surface area (Å²) in [5, 5.41) is 1.02. The summed E-state index contributed by atoms with van der Waals surface area (Å²) in [5.41, 5.74) is 1.61. The van der Waals surface area contributed by atoms with Gasteiger partial charge in [-0.3, -0.25) is 4.79 Å². The molecule has 1 aliphatic heterocycles. The first kappa shape index (κ1) is 24.5. The summed E-state index contributed by atoms with van der Waals surface area (Å²) in [4.78, 5) is 23.6. The van der Waals surface area contributed by atoms with Gasteiger partial charge in [-0.1, -0.05) is 17.4 Å². The summed E-state index contributed by atoms with van der Waals surface area (Å²) < 4.78 is 18.5. The number of carbonyl (C=O) groups is 1. The molecule has 3 aromatic rings. The number of nitrogens with zero attached hydrogens (tertiary/aromatic N) is 3. The van der Waals surface area contributed by atoms with Gasteiger partial charge in [-0.2, -0.15) is 0 Å². The second-order valence-electron chi connectivity index (χ2n) is 7.68. The summed E-state index contributed by atoms with van der Waals surface area (Å²) in [6.07, 6.45) is 2.08. The Hall–Kier alpha value is -2.65. The van der Waals surface area contributed by atoms with Crippen LogP contribution in [0.25, 0.3) is 10.2 Å². The Morgan fingerprint density at radius 1 is 1.00 bits per heavy atom. The minimum atomic E-state index is -0.0291.